The summed E-state index contributed by atoms with van der Waals surface area (Å²) in [6, 6.07) is 6.43. The first-order valence-corrected chi connectivity index (χ1v) is 6.09. The number of amides is 1. The number of hydrogen-bond acceptors (Lipinski definition) is 3. The Hall–Kier alpha value is -1.62. The molecule has 100 valence electrons. The highest BCUT2D eigenvalue weighted by atomic mass is 19.1. The second kappa shape index (κ2) is 7.66. The zero-order valence-corrected chi connectivity index (χ0v) is 10.7. The van der Waals surface area contributed by atoms with E-state index >= 15 is 0 Å². The summed E-state index contributed by atoms with van der Waals surface area (Å²) in [5, 5.41) is 0. The molecule has 0 aliphatic heterocycles. The van der Waals surface area contributed by atoms with Crippen molar-refractivity contribution in [2.24, 2.45) is 5.84 Å². The van der Waals surface area contributed by atoms with Gasteiger partial charge in [0.2, 0.25) is 5.91 Å². The van der Waals surface area contributed by atoms with Crippen LogP contribution in [-0.4, -0.2) is 19.5 Å². The van der Waals surface area contributed by atoms with E-state index in [9.17, 15) is 9.18 Å². The maximum Gasteiger partial charge on any atom is 0.233 e. The SMILES string of the molecule is CN(CCCCCC(=O)NN)c1ccc(F)cc1. The van der Waals surface area contributed by atoms with Gasteiger partial charge in [0.05, 0.1) is 0 Å². The van der Waals surface area contributed by atoms with Gasteiger partial charge in [0, 0.05) is 25.7 Å². The molecule has 0 bridgehead atoms. The molecule has 0 aliphatic carbocycles. The summed E-state index contributed by atoms with van der Waals surface area (Å²) in [6.45, 7) is 0.885. The molecule has 18 heavy (non-hydrogen) atoms. The fraction of sp³-hybridized carbons (Fsp3) is 0.462. The van der Waals surface area contributed by atoms with E-state index in [0.717, 1.165) is 31.5 Å². The molecule has 0 aromatic heterocycles. The molecule has 4 nitrogen and oxygen atoms in total. The second-order valence-electron chi connectivity index (χ2n) is 4.28. The van der Waals surface area contributed by atoms with Crippen LogP contribution in [0.5, 0.6) is 0 Å². The number of hydrazine groups is 1. The van der Waals surface area contributed by atoms with Gasteiger partial charge in [0.1, 0.15) is 5.82 Å². The molecule has 5 heteroatoms. The van der Waals surface area contributed by atoms with Crippen molar-refractivity contribution in [1.29, 1.82) is 0 Å². The lowest BCUT2D eigenvalue weighted by molar-refractivity contribution is -0.121. The summed E-state index contributed by atoms with van der Waals surface area (Å²) in [4.78, 5) is 13.0. The van der Waals surface area contributed by atoms with Crippen molar-refractivity contribution < 1.29 is 9.18 Å². The van der Waals surface area contributed by atoms with Crippen LogP contribution in [0.1, 0.15) is 25.7 Å². The minimum absolute atomic E-state index is 0.123. The minimum atomic E-state index is -0.222. The topological polar surface area (TPSA) is 58.4 Å². The number of nitrogens with one attached hydrogen (secondary N) is 1. The van der Waals surface area contributed by atoms with Crippen molar-refractivity contribution >= 4 is 11.6 Å². The van der Waals surface area contributed by atoms with Crippen LogP contribution in [-0.2, 0) is 4.79 Å². The Labute approximate surface area is 107 Å². The summed E-state index contributed by atoms with van der Waals surface area (Å²) in [5.74, 6) is 4.64. The summed E-state index contributed by atoms with van der Waals surface area (Å²) in [7, 11) is 1.97. The van der Waals surface area contributed by atoms with E-state index in [0.29, 0.717) is 6.42 Å². The van der Waals surface area contributed by atoms with Gasteiger partial charge in [-0.3, -0.25) is 10.2 Å². The Kier molecular flexibility index (Phi) is 6.14. The minimum Gasteiger partial charge on any atom is -0.375 e. The van der Waals surface area contributed by atoms with Gasteiger partial charge < -0.3 is 4.90 Å². The molecule has 0 spiro atoms. The maximum absolute atomic E-state index is 12.7. The van der Waals surface area contributed by atoms with Crippen LogP contribution in [0.2, 0.25) is 0 Å². The number of hydrogen-bond donors (Lipinski definition) is 2. The highest BCUT2D eigenvalue weighted by Crippen LogP contribution is 2.14. The van der Waals surface area contributed by atoms with E-state index in [2.05, 4.69) is 10.3 Å². The smallest absolute Gasteiger partial charge is 0.233 e. The van der Waals surface area contributed by atoms with Gasteiger partial charge in [0.15, 0.2) is 0 Å². The lowest BCUT2D eigenvalue weighted by Crippen LogP contribution is -2.29. The highest BCUT2D eigenvalue weighted by Gasteiger charge is 2.02. The molecular formula is C13H20FN3O. The Bertz CT molecular complexity index is 367. The number of nitrogens with two attached hydrogens (primary N) is 1. The van der Waals surface area contributed by atoms with Gasteiger partial charge in [0.25, 0.3) is 0 Å². The van der Waals surface area contributed by atoms with Crippen molar-refractivity contribution in [2.45, 2.75) is 25.7 Å². The molecule has 1 aromatic rings. The van der Waals surface area contributed by atoms with E-state index in [1.54, 1.807) is 12.1 Å². The van der Waals surface area contributed by atoms with Crippen molar-refractivity contribution in [3.05, 3.63) is 30.1 Å². The molecule has 0 atom stereocenters. The molecule has 1 rings (SSSR count). The molecule has 1 amide bonds. The first-order valence-electron chi connectivity index (χ1n) is 6.09. The maximum atomic E-state index is 12.7. The second-order valence-corrected chi connectivity index (χ2v) is 4.28. The number of carbonyl (C=O) groups is 1. The summed E-state index contributed by atoms with van der Waals surface area (Å²) >= 11 is 0. The van der Waals surface area contributed by atoms with Gasteiger partial charge in [-0.15, -0.1) is 0 Å². The molecule has 0 saturated carbocycles. The number of rotatable bonds is 7. The Balaban J connectivity index is 2.19. The zero-order chi connectivity index (χ0) is 13.4. The number of carbonyl (C=O) groups excluding carboxylic acids is 1. The van der Waals surface area contributed by atoms with Crippen LogP contribution in [0.4, 0.5) is 10.1 Å². The van der Waals surface area contributed by atoms with Crippen LogP contribution in [0.25, 0.3) is 0 Å². The summed E-state index contributed by atoms with van der Waals surface area (Å²) < 4.78 is 12.7. The average Bonchev–Trinajstić information content (AvgIpc) is 2.38. The lowest BCUT2D eigenvalue weighted by Gasteiger charge is -2.19. The lowest BCUT2D eigenvalue weighted by atomic mass is 10.2. The van der Waals surface area contributed by atoms with Crippen LogP contribution < -0.4 is 16.2 Å². The molecular weight excluding hydrogens is 233 g/mol. The molecule has 0 saturated heterocycles. The standard InChI is InChI=1S/C13H20FN3O/c1-17(12-8-6-11(14)7-9-12)10-4-2-3-5-13(18)16-15/h6-9H,2-5,10,15H2,1H3,(H,16,18). The van der Waals surface area contributed by atoms with E-state index in [4.69, 9.17) is 5.84 Å². The fourth-order valence-electron chi connectivity index (χ4n) is 1.71. The third kappa shape index (κ3) is 5.14. The van der Waals surface area contributed by atoms with Gasteiger partial charge in [-0.2, -0.15) is 0 Å². The van der Waals surface area contributed by atoms with Crippen LogP contribution in [0.15, 0.2) is 24.3 Å². The van der Waals surface area contributed by atoms with Crippen LogP contribution >= 0.6 is 0 Å². The predicted octanol–water partition coefficient (Wildman–Crippen LogP) is 1.81. The number of unbranched alkanes of at least 4 members (excludes halogenated alkanes) is 2. The first kappa shape index (κ1) is 14.4. The summed E-state index contributed by atoms with van der Waals surface area (Å²) in [6.07, 6.45) is 3.27. The van der Waals surface area contributed by atoms with E-state index in [1.807, 2.05) is 7.05 Å². The van der Waals surface area contributed by atoms with Crippen molar-refractivity contribution in [1.82, 2.24) is 5.43 Å². The quantitative estimate of drug-likeness (QED) is 0.337. The molecule has 0 aliphatic rings. The number of nitrogens with zero attached hydrogens (tertiary/aromatic N) is 1. The van der Waals surface area contributed by atoms with E-state index in [-0.39, 0.29) is 11.7 Å². The van der Waals surface area contributed by atoms with Crippen molar-refractivity contribution in [2.75, 3.05) is 18.5 Å². The zero-order valence-electron chi connectivity index (χ0n) is 10.7. The number of halogens is 1. The van der Waals surface area contributed by atoms with E-state index in [1.165, 1.54) is 12.1 Å². The first-order chi connectivity index (χ1) is 8.63. The molecule has 0 unspecified atom stereocenters. The van der Waals surface area contributed by atoms with Crippen LogP contribution in [0.3, 0.4) is 0 Å². The van der Waals surface area contributed by atoms with Gasteiger partial charge >= 0.3 is 0 Å². The van der Waals surface area contributed by atoms with Gasteiger partial charge in [-0.05, 0) is 37.1 Å². The monoisotopic (exact) mass is 253 g/mol. The largest absolute Gasteiger partial charge is 0.375 e. The highest BCUT2D eigenvalue weighted by molar-refractivity contribution is 5.75. The van der Waals surface area contributed by atoms with E-state index < -0.39 is 0 Å². The normalized spacial score (nSPS) is 10.2. The molecule has 0 fully saturated rings. The summed E-state index contributed by atoms with van der Waals surface area (Å²) in [5.41, 5.74) is 3.11. The predicted molar refractivity (Wildman–Crippen MR) is 70.5 cm³/mol. The average molecular weight is 253 g/mol. The molecule has 1 aromatic carbocycles. The number of anilines is 1. The fourth-order valence-corrected chi connectivity index (χ4v) is 1.71. The van der Waals surface area contributed by atoms with Crippen molar-refractivity contribution in [3.63, 3.8) is 0 Å². The third-order valence-electron chi connectivity index (χ3n) is 2.83. The third-order valence-corrected chi connectivity index (χ3v) is 2.83. The van der Waals surface area contributed by atoms with Crippen molar-refractivity contribution in [3.8, 4) is 0 Å². The number of benzene rings is 1. The molecule has 3 N–H and O–H groups in total. The Morgan fingerprint density at radius 3 is 2.56 bits per heavy atom. The van der Waals surface area contributed by atoms with Gasteiger partial charge in [-0.1, -0.05) is 6.42 Å². The Morgan fingerprint density at radius 2 is 1.94 bits per heavy atom. The van der Waals surface area contributed by atoms with Gasteiger partial charge in [-0.25, -0.2) is 10.2 Å². The molecule has 0 heterocycles. The Morgan fingerprint density at radius 1 is 1.28 bits per heavy atom. The molecule has 0 radical (unpaired) electrons. The van der Waals surface area contributed by atoms with Crippen LogP contribution in [0, 0.1) is 5.82 Å².